The second-order valence-corrected chi connectivity index (χ2v) is 2.45. The summed E-state index contributed by atoms with van der Waals surface area (Å²) in [4.78, 5) is 10.4. The van der Waals surface area contributed by atoms with Gasteiger partial charge in [0.05, 0.1) is 12.0 Å². The molecule has 0 bridgehead atoms. The number of aliphatic carboxylic acids is 1. The molecule has 0 radical (unpaired) electrons. The van der Waals surface area contributed by atoms with Crippen molar-refractivity contribution < 1.29 is 15.0 Å². The fraction of sp³-hybridized carbons (Fsp3) is 0.571. The molecule has 2 atom stereocenters. The number of hydrogen-bond acceptors (Lipinski definition) is 2. The van der Waals surface area contributed by atoms with Crippen LogP contribution in [0.2, 0.25) is 0 Å². The number of aliphatic hydroxyl groups is 1. The maximum absolute atomic E-state index is 10.4. The Bertz CT molecular complexity index is 162. The average molecular weight is 142 g/mol. The monoisotopic (exact) mass is 142 g/mol. The minimum absolute atomic E-state index is 0.455. The highest BCUT2D eigenvalue weighted by atomic mass is 16.4. The van der Waals surface area contributed by atoms with Gasteiger partial charge in [0, 0.05) is 0 Å². The van der Waals surface area contributed by atoms with Crippen molar-refractivity contribution in [2.75, 3.05) is 0 Å². The molecule has 1 rings (SSSR count). The predicted molar refractivity (Wildman–Crippen MR) is 35.5 cm³/mol. The molecule has 0 spiro atoms. The molecule has 0 aromatic heterocycles. The molecule has 0 saturated heterocycles. The molecular formula is C7H10O3. The summed E-state index contributed by atoms with van der Waals surface area (Å²) in [5, 5.41) is 17.6. The van der Waals surface area contributed by atoms with Crippen molar-refractivity contribution in [3.63, 3.8) is 0 Å². The van der Waals surface area contributed by atoms with Crippen molar-refractivity contribution in [2.45, 2.75) is 18.9 Å². The number of aliphatic hydroxyl groups excluding tert-OH is 1. The van der Waals surface area contributed by atoms with Gasteiger partial charge in [-0.25, -0.2) is 0 Å². The number of rotatable bonds is 1. The summed E-state index contributed by atoms with van der Waals surface area (Å²) >= 11 is 0. The summed E-state index contributed by atoms with van der Waals surface area (Å²) in [6.07, 6.45) is 3.84. The van der Waals surface area contributed by atoms with Crippen LogP contribution >= 0.6 is 0 Å². The number of carboxylic acid groups (broad SMARTS) is 1. The zero-order chi connectivity index (χ0) is 7.56. The van der Waals surface area contributed by atoms with Crippen molar-refractivity contribution in [1.82, 2.24) is 0 Å². The van der Waals surface area contributed by atoms with E-state index >= 15 is 0 Å². The van der Waals surface area contributed by atoms with Crippen LogP contribution in [-0.4, -0.2) is 22.3 Å². The van der Waals surface area contributed by atoms with Crippen molar-refractivity contribution >= 4 is 5.97 Å². The van der Waals surface area contributed by atoms with Gasteiger partial charge in [0.15, 0.2) is 0 Å². The largest absolute Gasteiger partial charge is 0.481 e. The predicted octanol–water partition coefficient (Wildman–Crippen LogP) is 0.398. The van der Waals surface area contributed by atoms with E-state index in [4.69, 9.17) is 10.2 Å². The van der Waals surface area contributed by atoms with Crippen molar-refractivity contribution in [3.05, 3.63) is 12.2 Å². The van der Waals surface area contributed by atoms with Gasteiger partial charge in [0.1, 0.15) is 0 Å². The van der Waals surface area contributed by atoms with Crippen LogP contribution in [0.5, 0.6) is 0 Å². The molecule has 0 unspecified atom stereocenters. The van der Waals surface area contributed by atoms with Gasteiger partial charge in [0.25, 0.3) is 0 Å². The number of hydrogen-bond donors (Lipinski definition) is 2. The molecule has 0 aromatic rings. The zero-order valence-electron chi connectivity index (χ0n) is 5.53. The summed E-state index contributed by atoms with van der Waals surface area (Å²) in [7, 11) is 0. The van der Waals surface area contributed by atoms with E-state index < -0.39 is 18.0 Å². The fourth-order valence-corrected chi connectivity index (χ4v) is 1.07. The van der Waals surface area contributed by atoms with Crippen LogP contribution in [0.15, 0.2) is 12.2 Å². The Morgan fingerprint density at radius 2 is 2.00 bits per heavy atom. The van der Waals surface area contributed by atoms with Crippen LogP contribution in [0.4, 0.5) is 0 Å². The molecule has 1 aliphatic carbocycles. The third-order valence-corrected chi connectivity index (χ3v) is 1.72. The van der Waals surface area contributed by atoms with E-state index in [1.54, 1.807) is 6.08 Å². The molecule has 0 aliphatic heterocycles. The Morgan fingerprint density at radius 1 is 1.40 bits per heavy atom. The minimum atomic E-state index is -0.906. The molecule has 0 fully saturated rings. The Kier molecular flexibility index (Phi) is 2.06. The van der Waals surface area contributed by atoms with Crippen molar-refractivity contribution in [1.29, 1.82) is 0 Å². The van der Waals surface area contributed by atoms with E-state index in [1.165, 1.54) is 0 Å². The van der Waals surface area contributed by atoms with Gasteiger partial charge < -0.3 is 10.2 Å². The zero-order valence-corrected chi connectivity index (χ0v) is 5.53. The topological polar surface area (TPSA) is 57.5 Å². The first-order valence-corrected chi connectivity index (χ1v) is 3.27. The Morgan fingerprint density at radius 3 is 2.40 bits per heavy atom. The number of carbonyl (C=O) groups is 1. The van der Waals surface area contributed by atoms with Crippen LogP contribution in [0.3, 0.4) is 0 Å². The highest BCUT2D eigenvalue weighted by Gasteiger charge is 2.26. The molecule has 3 nitrogen and oxygen atoms in total. The third-order valence-electron chi connectivity index (χ3n) is 1.72. The van der Waals surface area contributed by atoms with Crippen LogP contribution in [0.25, 0.3) is 0 Å². The maximum Gasteiger partial charge on any atom is 0.309 e. The van der Waals surface area contributed by atoms with Gasteiger partial charge in [-0.1, -0.05) is 12.2 Å². The SMILES string of the molecule is O=C(O)[C@H]1CC=CC[C@@H]1O. The van der Waals surface area contributed by atoms with Gasteiger partial charge in [-0.2, -0.15) is 0 Å². The van der Waals surface area contributed by atoms with Gasteiger partial charge in [-0.3, -0.25) is 4.79 Å². The standard InChI is InChI=1S/C7H10O3/c8-6-4-2-1-3-5(6)7(9)10/h1-2,5-6,8H,3-4H2,(H,9,10)/t5-,6-/m0/s1. The third kappa shape index (κ3) is 1.36. The van der Waals surface area contributed by atoms with E-state index in [0.717, 1.165) is 0 Å². The first-order valence-electron chi connectivity index (χ1n) is 3.27. The highest BCUT2D eigenvalue weighted by Crippen LogP contribution is 2.18. The lowest BCUT2D eigenvalue weighted by atomic mass is 9.92. The van der Waals surface area contributed by atoms with Crippen LogP contribution < -0.4 is 0 Å². The van der Waals surface area contributed by atoms with E-state index in [0.29, 0.717) is 12.8 Å². The molecular weight excluding hydrogens is 132 g/mol. The summed E-state index contributed by atoms with van der Waals surface area (Å²) in [6.45, 7) is 0. The van der Waals surface area contributed by atoms with Gasteiger partial charge in [0.2, 0.25) is 0 Å². The molecule has 0 saturated carbocycles. The smallest absolute Gasteiger partial charge is 0.309 e. The molecule has 1 aliphatic rings. The van der Waals surface area contributed by atoms with Crippen LogP contribution in [-0.2, 0) is 4.79 Å². The number of carboxylic acids is 1. The quantitative estimate of drug-likeness (QED) is 0.521. The normalized spacial score (nSPS) is 32.1. The number of allylic oxidation sites excluding steroid dienone is 1. The highest BCUT2D eigenvalue weighted by molar-refractivity contribution is 5.71. The Balaban J connectivity index is 2.59. The average Bonchev–Trinajstić information content (AvgIpc) is 1.88. The summed E-state index contributed by atoms with van der Waals surface area (Å²) in [5.41, 5.74) is 0. The van der Waals surface area contributed by atoms with Gasteiger partial charge in [-0.15, -0.1) is 0 Å². The van der Waals surface area contributed by atoms with E-state index in [2.05, 4.69) is 0 Å². The first-order chi connectivity index (χ1) is 4.72. The second-order valence-electron chi connectivity index (χ2n) is 2.45. The van der Waals surface area contributed by atoms with Crippen LogP contribution in [0.1, 0.15) is 12.8 Å². The molecule has 0 aromatic carbocycles. The van der Waals surface area contributed by atoms with E-state index in [1.807, 2.05) is 6.08 Å². The van der Waals surface area contributed by atoms with Gasteiger partial charge in [-0.05, 0) is 12.8 Å². The Hall–Kier alpha value is -0.830. The lowest BCUT2D eigenvalue weighted by Gasteiger charge is -2.19. The summed E-state index contributed by atoms with van der Waals surface area (Å²) in [5.74, 6) is -1.50. The minimum Gasteiger partial charge on any atom is -0.481 e. The molecule has 56 valence electrons. The van der Waals surface area contributed by atoms with Crippen LogP contribution in [0, 0.1) is 5.92 Å². The first kappa shape index (κ1) is 7.28. The lowest BCUT2D eigenvalue weighted by Crippen LogP contribution is -2.28. The van der Waals surface area contributed by atoms with Crippen molar-refractivity contribution in [3.8, 4) is 0 Å². The molecule has 0 heterocycles. The summed E-state index contributed by atoms with van der Waals surface area (Å²) < 4.78 is 0. The fourth-order valence-electron chi connectivity index (χ4n) is 1.07. The summed E-state index contributed by atoms with van der Waals surface area (Å²) in [6, 6.07) is 0. The molecule has 10 heavy (non-hydrogen) atoms. The maximum atomic E-state index is 10.4. The molecule has 3 heteroatoms. The Labute approximate surface area is 59.0 Å². The second kappa shape index (κ2) is 2.84. The van der Waals surface area contributed by atoms with E-state index in [-0.39, 0.29) is 0 Å². The van der Waals surface area contributed by atoms with Gasteiger partial charge >= 0.3 is 5.97 Å². The lowest BCUT2D eigenvalue weighted by molar-refractivity contribution is -0.145. The molecule has 2 N–H and O–H groups in total. The van der Waals surface area contributed by atoms with E-state index in [9.17, 15) is 4.79 Å². The molecule has 0 amide bonds. The van der Waals surface area contributed by atoms with Crippen molar-refractivity contribution in [2.24, 2.45) is 5.92 Å².